The molecule has 136 valence electrons. The quantitative estimate of drug-likeness (QED) is 0.610. The van der Waals surface area contributed by atoms with Crippen LogP contribution in [0.25, 0.3) is 11.0 Å². The largest absolute Gasteiger partial charge is 0.426 e. The molecule has 0 saturated heterocycles. The summed E-state index contributed by atoms with van der Waals surface area (Å²) >= 11 is 0. The minimum Gasteiger partial charge on any atom is -0.426 e. The number of rotatable bonds is 8. The Kier molecular flexibility index (Phi) is 4.68. The highest BCUT2D eigenvalue weighted by molar-refractivity contribution is 5.75. The molecular weight excluding hydrogens is 322 g/mol. The molecule has 4 heteroatoms. The van der Waals surface area contributed by atoms with E-state index in [-0.39, 0.29) is 0 Å². The second-order valence-electron chi connectivity index (χ2n) is 7.45. The summed E-state index contributed by atoms with van der Waals surface area (Å²) in [6.45, 7) is 3.46. The van der Waals surface area contributed by atoms with Gasteiger partial charge in [-0.25, -0.2) is 0 Å². The average Bonchev–Trinajstić information content (AvgIpc) is 3.34. The number of aromatic amines is 1. The Balaban J connectivity index is 1.36. The molecular formula is C22H27N3O. The van der Waals surface area contributed by atoms with Gasteiger partial charge in [0.25, 0.3) is 6.01 Å². The predicted molar refractivity (Wildman–Crippen MR) is 106 cm³/mol. The zero-order valence-electron chi connectivity index (χ0n) is 15.7. The van der Waals surface area contributed by atoms with E-state index in [9.17, 15) is 0 Å². The van der Waals surface area contributed by atoms with Crippen LogP contribution in [0.2, 0.25) is 0 Å². The molecule has 4 nitrogen and oxygen atoms in total. The maximum Gasteiger partial charge on any atom is 0.300 e. The summed E-state index contributed by atoms with van der Waals surface area (Å²) in [4.78, 5) is 10.2. The lowest BCUT2D eigenvalue weighted by atomic mass is 10.0. The van der Waals surface area contributed by atoms with Crippen molar-refractivity contribution in [1.29, 1.82) is 0 Å². The summed E-state index contributed by atoms with van der Waals surface area (Å²) in [5.74, 6) is 0.817. The molecule has 0 unspecified atom stereocenters. The van der Waals surface area contributed by atoms with Gasteiger partial charge >= 0.3 is 0 Å². The average molecular weight is 349 g/mol. The van der Waals surface area contributed by atoms with Crippen molar-refractivity contribution >= 4 is 11.0 Å². The van der Waals surface area contributed by atoms with Crippen LogP contribution >= 0.6 is 0 Å². The summed E-state index contributed by atoms with van der Waals surface area (Å²) in [6.07, 6.45) is 6.28. The number of hydrogen-bond acceptors (Lipinski definition) is 3. The van der Waals surface area contributed by atoms with Gasteiger partial charge in [0.05, 0.1) is 11.0 Å². The van der Waals surface area contributed by atoms with Crippen LogP contribution in [0.15, 0.2) is 48.5 Å². The first-order valence-electron chi connectivity index (χ1n) is 9.61. The number of aromatic nitrogens is 2. The van der Waals surface area contributed by atoms with Crippen molar-refractivity contribution in [2.75, 3.05) is 13.6 Å². The monoisotopic (exact) mass is 349 g/mol. The number of fused-ring (bicyclic) bond motifs is 1. The van der Waals surface area contributed by atoms with Crippen molar-refractivity contribution in [3.05, 3.63) is 54.1 Å². The highest BCUT2D eigenvalue weighted by atomic mass is 16.5. The SMILES string of the molecule is CCCN(C)C1(CCc2ccc(Oc3nc4ccccc4[nH]3)cc2)CC1. The first-order chi connectivity index (χ1) is 12.7. The number of ether oxygens (including phenoxy) is 1. The molecule has 1 aromatic heterocycles. The summed E-state index contributed by atoms with van der Waals surface area (Å²) in [7, 11) is 2.28. The van der Waals surface area contributed by atoms with E-state index < -0.39 is 0 Å². The summed E-state index contributed by atoms with van der Waals surface area (Å²) in [5, 5.41) is 0. The van der Waals surface area contributed by atoms with E-state index in [0.717, 1.165) is 23.2 Å². The zero-order chi connectivity index (χ0) is 18.0. The van der Waals surface area contributed by atoms with Crippen LogP contribution in [0.5, 0.6) is 11.8 Å². The van der Waals surface area contributed by atoms with Crippen LogP contribution < -0.4 is 4.74 Å². The summed E-state index contributed by atoms with van der Waals surface area (Å²) < 4.78 is 5.87. The van der Waals surface area contributed by atoms with Gasteiger partial charge in [0, 0.05) is 5.54 Å². The number of para-hydroxylation sites is 2. The van der Waals surface area contributed by atoms with Crippen molar-refractivity contribution in [1.82, 2.24) is 14.9 Å². The molecule has 0 atom stereocenters. The van der Waals surface area contributed by atoms with Crippen molar-refractivity contribution in [3.63, 3.8) is 0 Å². The number of H-pyrrole nitrogens is 1. The van der Waals surface area contributed by atoms with Gasteiger partial charge in [-0.15, -0.1) is 0 Å². The Hall–Kier alpha value is -2.33. The summed E-state index contributed by atoms with van der Waals surface area (Å²) in [5.41, 5.74) is 3.74. The molecule has 0 amide bonds. The Morgan fingerprint density at radius 1 is 1.12 bits per heavy atom. The second-order valence-corrected chi connectivity index (χ2v) is 7.45. The third-order valence-corrected chi connectivity index (χ3v) is 5.58. The number of nitrogens with one attached hydrogen (secondary N) is 1. The lowest BCUT2D eigenvalue weighted by molar-refractivity contribution is 0.209. The third kappa shape index (κ3) is 3.61. The van der Waals surface area contributed by atoms with Crippen molar-refractivity contribution in [2.24, 2.45) is 0 Å². The second kappa shape index (κ2) is 7.12. The molecule has 0 radical (unpaired) electrons. The molecule has 0 spiro atoms. The molecule has 1 saturated carbocycles. The first kappa shape index (κ1) is 17.1. The Bertz CT molecular complexity index is 831. The lowest BCUT2D eigenvalue weighted by Crippen LogP contribution is -2.34. The minimum atomic E-state index is 0.458. The molecule has 26 heavy (non-hydrogen) atoms. The van der Waals surface area contributed by atoms with E-state index in [1.54, 1.807) is 0 Å². The number of hydrogen-bond donors (Lipinski definition) is 1. The van der Waals surface area contributed by atoms with Gasteiger partial charge in [-0.1, -0.05) is 31.2 Å². The Labute approximate surface area is 155 Å². The Morgan fingerprint density at radius 3 is 2.58 bits per heavy atom. The van der Waals surface area contributed by atoms with Gasteiger partial charge in [-0.3, -0.25) is 0 Å². The standard InChI is InChI=1S/C22H27N3O/c1-3-16-25(2)22(14-15-22)13-12-17-8-10-18(11-9-17)26-21-23-19-6-4-5-7-20(19)24-21/h4-11H,3,12-16H2,1-2H3,(H,23,24). The molecule has 0 bridgehead atoms. The van der Waals surface area contributed by atoms with Crippen LogP contribution in [0, 0.1) is 0 Å². The zero-order valence-corrected chi connectivity index (χ0v) is 15.7. The van der Waals surface area contributed by atoms with Crippen LogP contribution in [-0.2, 0) is 6.42 Å². The molecule has 1 heterocycles. The van der Waals surface area contributed by atoms with E-state index in [1.165, 1.54) is 37.8 Å². The van der Waals surface area contributed by atoms with E-state index in [4.69, 9.17) is 4.74 Å². The van der Waals surface area contributed by atoms with Gasteiger partial charge in [0.15, 0.2) is 0 Å². The Morgan fingerprint density at radius 2 is 1.88 bits per heavy atom. The van der Waals surface area contributed by atoms with Crippen LogP contribution in [0.4, 0.5) is 0 Å². The van der Waals surface area contributed by atoms with Crippen LogP contribution in [0.1, 0.15) is 38.2 Å². The van der Waals surface area contributed by atoms with Gasteiger partial charge in [-0.2, -0.15) is 4.98 Å². The van der Waals surface area contributed by atoms with Gasteiger partial charge in [0.1, 0.15) is 5.75 Å². The number of aryl methyl sites for hydroxylation is 1. The molecule has 1 aliphatic carbocycles. The summed E-state index contributed by atoms with van der Waals surface area (Å²) in [6, 6.07) is 16.9. The van der Waals surface area contributed by atoms with Gasteiger partial charge < -0.3 is 14.6 Å². The fraction of sp³-hybridized carbons (Fsp3) is 0.409. The molecule has 2 aromatic carbocycles. The predicted octanol–water partition coefficient (Wildman–Crippen LogP) is 5.16. The number of imidazole rings is 1. The smallest absolute Gasteiger partial charge is 0.300 e. The highest BCUT2D eigenvalue weighted by Crippen LogP contribution is 2.44. The van der Waals surface area contributed by atoms with E-state index in [0.29, 0.717) is 11.5 Å². The molecule has 3 aromatic rings. The van der Waals surface area contributed by atoms with Gasteiger partial charge in [-0.05, 0) is 75.5 Å². The third-order valence-electron chi connectivity index (χ3n) is 5.58. The fourth-order valence-electron chi connectivity index (χ4n) is 3.73. The van der Waals surface area contributed by atoms with E-state index >= 15 is 0 Å². The van der Waals surface area contributed by atoms with Crippen LogP contribution in [0.3, 0.4) is 0 Å². The maximum atomic E-state index is 5.87. The molecule has 4 rings (SSSR count). The lowest BCUT2D eigenvalue weighted by Gasteiger charge is -2.27. The molecule has 1 fully saturated rings. The molecule has 1 aliphatic rings. The maximum absolute atomic E-state index is 5.87. The first-order valence-corrected chi connectivity index (χ1v) is 9.61. The van der Waals surface area contributed by atoms with Crippen LogP contribution in [-0.4, -0.2) is 34.0 Å². The van der Waals surface area contributed by atoms with E-state index in [1.807, 2.05) is 36.4 Å². The van der Waals surface area contributed by atoms with Crippen molar-refractivity contribution in [2.45, 2.75) is 44.6 Å². The van der Waals surface area contributed by atoms with E-state index in [2.05, 4.69) is 41.0 Å². The molecule has 1 N–H and O–H groups in total. The number of nitrogens with zero attached hydrogens (tertiary/aromatic N) is 2. The number of benzene rings is 2. The minimum absolute atomic E-state index is 0.458. The molecule has 0 aliphatic heterocycles. The highest BCUT2D eigenvalue weighted by Gasteiger charge is 2.44. The van der Waals surface area contributed by atoms with Crippen molar-refractivity contribution in [3.8, 4) is 11.8 Å². The normalized spacial score (nSPS) is 15.5. The topological polar surface area (TPSA) is 41.1 Å². The van der Waals surface area contributed by atoms with Gasteiger partial charge in [0.2, 0.25) is 0 Å². The van der Waals surface area contributed by atoms with Crippen molar-refractivity contribution < 1.29 is 4.74 Å². The fourth-order valence-corrected chi connectivity index (χ4v) is 3.73.